The summed E-state index contributed by atoms with van der Waals surface area (Å²) in [5.41, 5.74) is 1.03. The normalized spacial score (nSPS) is 11.2. The lowest BCUT2D eigenvalue weighted by molar-refractivity contribution is 0.341. The van der Waals surface area contributed by atoms with Gasteiger partial charge in [0.1, 0.15) is 4.90 Å². The van der Waals surface area contributed by atoms with Crippen LogP contribution in [-0.4, -0.2) is 14.6 Å². The molecule has 0 bridgehead atoms. The van der Waals surface area contributed by atoms with Crippen molar-refractivity contribution in [3.8, 4) is 6.07 Å². The van der Waals surface area contributed by atoms with Gasteiger partial charge in [-0.25, -0.2) is 0 Å². The summed E-state index contributed by atoms with van der Waals surface area (Å²) in [6, 6.07) is 16.3. The number of hydrogen-bond donors (Lipinski definition) is 0. The molecule has 0 aliphatic heterocycles. The van der Waals surface area contributed by atoms with Crippen LogP contribution in [0.5, 0.6) is 0 Å². The van der Waals surface area contributed by atoms with Crippen LogP contribution in [0.25, 0.3) is 0 Å². The van der Waals surface area contributed by atoms with E-state index < -0.39 is 10.1 Å². The Balaban J connectivity index is 2.12. The van der Waals surface area contributed by atoms with Gasteiger partial charge >= 0.3 is 10.1 Å². The Morgan fingerprint density at radius 3 is 2.55 bits per heavy atom. The van der Waals surface area contributed by atoms with Crippen LogP contribution < -0.4 is 0 Å². The Labute approximate surface area is 116 Å². The van der Waals surface area contributed by atoms with Gasteiger partial charge in [0, 0.05) is 0 Å². The summed E-state index contributed by atoms with van der Waals surface area (Å²) in [5, 5.41) is 12.2. The van der Waals surface area contributed by atoms with Crippen LogP contribution >= 0.6 is 0 Å². The Hall–Kier alpha value is -2.65. The van der Waals surface area contributed by atoms with E-state index in [1.807, 2.05) is 6.07 Å². The first-order valence-corrected chi connectivity index (χ1v) is 7.05. The van der Waals surface area contributed by atoms with E-state index in [1.54, 1.807) is 42.5 Å². The lowest BCUT2D eigenvalue weighted by Gasteiger charge is -2.00. The average Bonchev–Trinajstić information content (AvgIpc) is 2.48. The fourth-order valence-electron chi connectivity index (χ4n) is 1.46. The molecule has 0 unspecified atom stereocenters. The first-order valence-electron chi connectivity index (χ1n) is 5.64. The monoisotopic (exact) mass is 286 g/mol. The van der Waals surface area contributed by atoms with Crippen molar-refractivity contribution >= 4 is 16.3 Å². The summed E-state index contributed by atoms with van der Waals surface area (Å²) in [7, 11) is -3.91. The SMILES string of the molecule is N#Cc1cccc(/C=N/OS(=O)(=O)c2ccccc2)c1. The van der Waals surface area contributed by atoms with Crippen molar-refractivity contribution in [2.45, 2.75) is 4.90 Å². The number of oxime groups is 1. The standard InChI is InChI=1S/C14H10N2O3S/c15-10-12-5-4-6-13(9-12)11-16-19-20(17,18)14-7-2-1-3-8-14/h1-9,11H/b16-11+. The molecule has 0 aromatic heterocycles. The molecule has 0 aliphatic rings. The highest BCUT2D eigenvalue weighted by molar-refractivity contribution is 7.86. The molecule has 0 saturated carbocycles. The minimum absolute atomic E-state index is 0.0305. The molecule has 0 amide bonds. The molecule has 0 atom stereocenters. The van der Waals surface area contributed by atoms with Crippen LogP contribution in [0.4, 0.5) is 0 Å². The minimum Gasteiger partial charge on any atom is -0.265 e. The number of hydrogen-bond acceptors (Lipinski definition) is 5. The maximum Gasteiger partial charge on any atom is 0.358 e. The smallest absolute Gasteiger partial charge is 0.265 e. The summed E-state index contributed by atoms with van der Waals surface area (Å²) in [6.07, 6.45) is 1.24. The molecule has 0 fully saturated rings. The van der Waals surface area contributed by atoms with Crippen LogP contribution in [0.3, 0.4) is 0 Å². The maximum atomic E-state index is 11.8. The van der Waals surface area contributed by atoms with E-state index >= 15 is 0 Å². The van der Waals surface area contributed by atoms with Crippen molar-refractivity contribution < 1.29 is 12.7 Å². The average molecular weight is 286 g/mol. The third kappa shape index (κ3) is 3.43. The first kappa shape index (κ1) is 13.8. The second kappa shape index (κ2) is 5.99. The Morgan fingerprint density at radius 2 is 1.85 bits per heavy atom. The predicted molar refractivity (Wildman–Crippen MR) is 73.5 cm³/mol. The van der Waals surface area contributed by atoms with Gasteiger partial charge in [0.05, 0.1) is 17.8 Å². The zero-order valence-corrected chi connectivity index (χ0v) is 11.1. The van der Waals surface area contributed by atoms with Gasteiger partial charge < -0.3 is 0 Å². The molecular formula is C14H10N2O3S. The summed E-state index contributed by atoms with van der Waals surface area (Å²) >= 11 is 0. The van der Waals surface area contributed by atoms with Crippen molar-refractivity contribution in [3.63, 3.8) is 0 Å². The van der Waals surface area contributed by atoms with E-state index in [4.69, 9.17) is 5.26 Å². The Kier molecular flexibility index (Phi) is 4.13. The van der Waals surface area contributed by atoms with E-state index in [-0.39, 0.29) is 4.90 Å². The Morgan fingerprint density at radius 1 is 1.10 bits per heavy atom. The van der Waals surface area contributed by atoms with Gasteiger partial charge in [0.15, 0.2) is 0 Å². The quantitative estimate of drug-likeness (QED) is 0.638. The molecule has 0 N–H and O–H groups in total. The lowest BCUT2D eigenvalue weighted by Crippen LogP contribution is -2.02. The molecule has 2 aromatic rings. The first-order chi connectivity index (χ1) is 9.62. The zero-order valence-electron chi connectivity index (χ0n) is 10.3. The number of benzene rings is 2. The van der Waals surface area contributed by atoms with E-state index in [2.05, 4.69) is 9.44 Å². The van der Waals surface area contributed by atoms with E-state index in [0.717, 1.165) is 0 Å². The molecule has 2 rings (SSSR count). The molecule has 20 heavy (non-hydrogen) atoms. The second-order valence-corrected chi connectivity index (χ2v) is 5.34. The van der Waals surface area contributed by atoms with E-state index in [9.17, 15) is 8.42 Å². The molecule has 6 heteroatoms. The van der Waals surface area contributed by atoms with Gasteiger partial charge in [-0.3, -0.25) is 4.28 Å². The van der Waals surface area contributed by atoms with Crippen LogP contribution in [0.1, 0.15) is 11.1 Å². The van der Waals surface area contributed by atoms with Crippen LogP contribution in [0.2, 0.25) is 0 Å². The van der Waals surface area contributed by atoms with Gasteiger partial charge in [-0.1, -0.05) is 35.5 Å². The number of rotatable bonds is 4. The molecule has 0 saturated heterocycles. The summed E-state index contributed by atoms with van der Waals surface area (Å²) in [6.45, 7) is 0. The minimum atomic E-state index is -3.91. The van der Waals surface area contributed by atoms with Crippen molar-refractivity contribution in [2.24, 2.45) is 5.16 Å². The van der Waals surface area contributed by atoms with Crippen molar-refractivity contribution in [1.82, 2.24) is 0 Å². The molecule has 2 aromatic carbocycles. The third-order valence-electron chi connectivity index (χ3n) is 2.39. The maximum absolute atomic E-state index is 11.8. The number of nitriles is 1. The molecular weight excluding hydrogens is 276 g/mol. The molecule has 0 radical (unpaired) electrons. The zero-order chi connectivity index (χ0) is 14.4. The summed E-state index contributed by atoms with van der Waals surface area (Å²) in [5.74, 6) is 0. The highest BCUT2D eigenvalue weighted by atomic mass is 32.2. The summed E-state index contributed by atoms with van der Waals surface area (Å²) in [4.78, 5) is 0.0305. The van der Waals surface area contributed by atoms with Gasteiger partial charge in [0.2, 0.25) is 0 Å². The highest BCUT2D eigenvalue weighted by Crippen LogP contribution is 2.11. The Bertz CT molecular complexity index is 763. The fourth-order valence-corrected chi connectivity index (χ4v) is 2.19. The van der Waals surface area contributed by atoms with Crippen molar-refractivity contribution in [2.75, 3.05) is 0 Å². The lowest BCUT2D eigenvalue weighted by atomic mass is 10.1. The molecule has 0 spiro atoms. The highest BCUT2D eigenvalue weighted by Gasteiger charge is 2.14. The largest absolute Gasteiger partial charge is 0.358 e. The molecule has 5 nitrogen and oxygen atoms in total. The van der Waals surface area contributed by atoms with Gasteiger partial charge in [-0.05, 0) is 29.8 Å². The van der Waals surface area contributed by atoms with Gasteiger partial charge in [0.25, 0.3) is 0 Å². The summed E-state index contributed by atoms with van der Waals surface area (Å²) < 4.78 is 28.1. The molecule has 0 heterocycles. The van der Waals surface area contributed by atoms with E-state index in [0.29, 0.717) is 11.1 Å². The van der Waals surface area contributed by atoms with Crippen LogP contribution in [0.15, 0.2) is 64.6 Å². The number of nitrogens with zero attached hydrogens (tertiary/aromatic N) is 2. The van der Waals surface area contributed by atoms with E-state index in [1.165, 1.54) is 18.3 Å². The van der Waals surface area contributed by atoms with Gasteiger partial charge in [-0.2, -0.15) is 13.7 Å². The van der Waals surface area contributed by atoms with Crippen molar-refractivity contribution in [1.29, 1.82) is 5.26 Å². The molecule has 0 aliphatic carbocycles. The van der Waals surface area contributed by atoms with Crippen LogP contribution in [-0.2, 0) is 14.4 Å². The van der Waals surface area contributed by atoms with Crippen molar-refractivity contribution in [3.05, 3.63) is 65.7 Å². The second-order valence-electron chi connectivity index (χ2n) is 3.81. The fraction of sp³-hybridized carbons (Fsp3) is 0. The third-order valence-corrected chi connectivity index (χ3v) is 3.52. The molecule has 100 valence electrons. The van der Waals surface area contributed by atoms with Gasteiger partial charge in [-0.15, -0.1) is 0 Å². The predicted octanol–water partition coefficient (Wildman–Crippen LogP) is 2.30. The topological polar surface area (TPSA) is 79.5 Å². The van der Waals surface area contributed by atoms with Crippen LogP contribution in [0, 0.1) is 11.3 Å².